The summed E-state index contributed by atoms with van der Waals surface area (Å²) in [5, 5.41) is 14.9. The van der Waals surface area contributed by atoms with Gasteiger partial charge in [0.1, 0.15) is 17.7 Å². The number of hydrogen-bond donors (Lipinski definition) is 6. The molecule has 7 rings (SSSR count). The van der Waals surface area contributed by atoms with E-state index in [9.17, 15) is 14.8 Å². The topological polar surface area (TPSA) is 174 Å². The summed E-state index contributed by atoms with van der Waals surface area (Å²) >= 11 is 1.79. The molecule has 1 unspecified atom stereocenters. The number of nitrogens with zero attached hydrogens (tertiary/aromatic N) is 3. The number of nitrogens with one attached hydrogen (secondary N) is 4. The predicted molar refractivity (Wildman–Crippen MR) is 214 cm³/mol. The zero-order valence-electron chi connectivity index (χ0n) is 31.9. The Balaban J connectivity index is 1.16. The SMILES string of the molecule is COC(=O)N[C@H](CC(CCCN)c1nc2c(ccc3cc(-c4sc(-c5cnc([C@@H]6CCCN6C(=O)[C@@H](NO)C(C)C)[nH]5)cc4C4CC4)ccc32)[nH]1)C(C)C. The van der Waals surface area contributed by atoms with E-state index in [0.29, 0.717) is 19.0 Å². The molecule has 2 fully saturated rings. The second-order valence-electron chi connectivity index (χ2n) is 15.8. The molecule has 54 heavy (non-hydrogen) atoms. The molecule has 1 aliphatic heterocycles. The maximum absolute atomic E-state index is 13.3. The molecule has 0 radical (unpaired) electrons. The summed E-state index contributed by atoms with van der Waals surface area (Å²) in [4.78, 5) is 46.9. The molecule has 2 amide bonds. The molecule has 5 aromatic rings. The van der Waals surface area contributed by atoms with Gasteiger partial charge in [-0.2, -0.15) is 5.48 Å². The van der Waals surface area contributed by atoms with E-state index in [1.165, 1.54) is 36.0 Å². The fourth-order valence-electron chi connectivity index (χ4n) is 7.98. The van der Waals surface area contributed by atoms with Crippen molar-refractivity contribution in [1.82, 2.24) is 35.6 Å². The Hall–Kier alpha value is -4.30. The van der Waals surface area contributed by atoms with Crippen LogP contribution < -0.4 is 16.5 Å². The summed E-state index contributed by atoms with van der Waals surface area (Å²) in [5.74, 6) is 2.44. The van der Waals surface area contributed by atoms with Crippen LogP contribution in [-0.4, -0.2) is 74.3 Å². The Labute approximate surface area is 320 Å². The number of carbonyl (C=O) groups excluding carboxylic acids is 2. The number of thiophene rings is 1. The average Bonchev–Trinajstić information content (AvgIpc) is 3.57. The first-order chi connectivity index (χ1) is 26.1. The fourth-order valence-corrected chi connectivity index (χ4v) is 9.18. The number of nitrogens with two attached hydrogens (primary N) is 1. The van der Waals surface area contributed by atoms with Crippen LogP contribution in [0.1, 0.15) is 108 Å². The zero-order chi connectivity index (χ0) is 38.1. The van der Waals surface area contributed by atoms with Crippen LogP contribution in [0.25, 0.3) is 42.8 Å². The van der Waals surface area contributed by atoms with Crippen LogP contribution in [0.15, 0.2) is 42.6 Å². The van der Waals surface area contributed by atoms with E-state index >= 15 is 0 Å². The first kappa shape index (κ1) is 38.0. The lowest BCUT2D eigenvalue weighted by molar-refractivity contribution is -0.138. The van der Waals surface area contributed by atoms with Gasteiger partial charge in [-0.3, -0.25) is 4.79 Å². The van der Waals surface area contributed by atoms with E-state index in [0.717, 1.165) is 76.1 Å². The molecule has 1 saturated carbocycles. The number of methoxy groups -OCH3 is 1. The van der Waals surface area contributed by atoms with Gasteiger partial charge in [-0.1, -0.05) is 45.9 Å². The van der Waals surface area contributed by atoms with Gasteiger partial charge in [-0.05, 0) is 104 Å². The predicted octanol–water partition coefficient (Wildman–Crippen LogP) is 7.97. The molecule has 2 aromatic carbocycles. The summed E-state index contributed by atoms with van der Waals surface area (Å²) in [6.45, 7) is 9.31. The van der Waals surface area contributed by atoms with Crippen LogP contribution in [0.4, 0.5) is 4.79 Å². The summed E-state index contributed by atoms with van der Waals surface area (Å²) in [6.07, 6.45) is 8.04. The monoisotopic (exact) mass is 754 g/mol. The van der Waals surface area contributed by atoms with E-state index in [-0.39, 0.29) is 35.7 Å². The van der Waals surface area contributed by atoms with Gasteiger partial charge in [-0.15, -0.1) is 11.3 Å². The van der Waals surface area contributed by atoms with E-state index in [1.54, 1.807) is 11.3 Å². The number of hydroxylamine groups is 1. The minimum absolute atomic E-state index is 0.0381. The normalized spacial score (nSPS) is 17.9. The summed E-state index contributed by atoms with van der Waals surface area (Å²) in [6, 6.07) is 12.5. The summed E-state index contributed by atoms with van der Waals surface area (Å²) < 4.78 is 4.91. The highest BCUT2D eigenvalue weighted by Crippen LogP contribution is 2.50. The van der Waals surface area contributed by atoms with Crippen molar-refractivity contribution in [2.24, 2.45) is 17.6 Å². The number of fused-ring (bicyclic) bond motifs is 3. The Morgan fingerprint density at radius 1 is 1.09 bits per heavy atom. The van der Waals surface area contributed by atoms with Crippen LogP contribution in [-0.2, 0) is 9.53 Å². The first-order valence-electron chi connectivity index (χ1n) is 19.5. The lowest BCUT2D eigenvalue weighted by atomic mass is 9.89. The van der Waals surface area contributed by atoms with Crippen LogP contribution >= 0.6 is 11.3 Å². The highest BCUT2D eigenvalue weighted by atomic mass is 32.1. The molecule has 1 saturated heterocycles. The quantitative estimate of drug-likeness (QED) is 0.0584. The number of ether oxygens (including phenoxy) is 1. The van der Waals surface area contributed by atoms with Crippen molar-refractivity contribution < 1.29 is 19.5 Å². The van der Waals surface area contributed by atoms with Gasteiger partial charge in [-0.25, -0.2) is 14.8 Å². The number of aromatic nitrogens is 4. The second kappa shape index (κ2) is 16.2. The molecular weight excluding hydrogens is 701 g/mol. The van der Waals surface area contributed by atoms with Gasteiger partial charge >= 0.3 is 6.09 Å². The van der Waals surface area contributed by atoms with Crippen LogP contribution in [0.2, 0.25) is 0 Å². The Kier molecular flexibility index (Phi) is 11.4. The van der Waals surface area contributed by atoms with Crippen LogP contribution in [0.3, 0.4) is 0 Å². The highest BCUT2D eigenvalue weighted by molar-refractivity contribution is 7.19. The number of benzene rings is 2. The molecule has 4 atom stereocenters. The van der Waals surface area contributed by atoms with E-state index < -0.39 is 12.1 Å². The van der Waals surface area contributed by atoms with Crippen molar-refractivity contribution in [3.8, 4) is 21.0 Å². The van der Waals surface area contributed by atoms with Crippen molar-refractivity contribution in [2.75, 3.05) is 20.2 Å². The number of hydrogen-bond acceptors (Lipinski definition) is 9. The van der Waals surface area contributed by atoms with Gasteiger partial charge in [0.05, 0.1) is 41.0 Å². The van der Waals surface area contributed by atoms with Gasteiger partial charge in [0.15, 0.2) is 0 Å². The average molecular weight is 755 g/mol. The number of amides is 2. The minimum Gasteiger partial charge on any atom is -0.453 e. The zero-order valence-corrected chi connectivity index (χ0v) is 32.8. The maximum Gasteiger partial charge on any atom is 0.407 e. The van der Waals surface area contributed by atoms with Crippen molar-refractivity contribution in [3.05, 3.63) is 59.8 Å². The Bertz CT molecular complexity index is 2100. The number of imidazole rings is 2. The standard InChI is InChI=1S/C41H54N8O4S/c1-22(2)31(46-41(51)53-5)19-27(8-6-16-42)38-44-30-15-13-25-18-26(12-14-28(25)36(30)47-38)37-29(24-10-11-24)20-34(54-37)32-21-43-39(45-32)33-9-7-17-49(33)40(50)35(48-52)23(3)4/h12-15,18,20-24,27,31,33,35,48,52H,6-11,16-17,19,42H2,1-5H3,(H,43,45)(H,44,47)(H,46,51)/t27?,31-,33+,35+/m1/s1. The van der Waals surface area contributed by atoms with Gasteiger partial charge < -0.3 is 35.9 Å². The van der Waals surface area contributed by atoms with Crippen molar-refractivity contribution in [2.45, 2.75) is 103 Å². The molecule has 13 heteroatoms. The summed E-state index contributed by atoms with van der Waals surface area (Å²) in [7, 11) is 1.39. The van der Waals surface area contributed by atoms with Crippen LogP contribution in [0.5, 0.6) is 0 Å². The molecule has 0 bridgehead atoms. The Morgan fingerprint density at radius 2 is 1.91 bits per heavy atom. The third-order valence-corrected chi connectivity index (χ3v) is 12.5. The molecular formula is C41H54N8O4S. The van der Waals surface area contributed by atoms with Crippen LogP contribution in [0, 0.1) is 11.8 Å². The van der Waals surface area contributed by atoms with E-state index in [1.807, 2.05) is 24.9 Å². The smallest absolute Gasteiger partial charge is 0.407 e. The van der Waals surface area contributed by atoms with E-state index in [4.69, 9.17) is 20.4 Å². The number of alkyl carbamates (subject to hydrolysis) is 1. The van der Waals surface area contributed by atoms with Gasteiger partial charge in [0.2, 0.25) is 5.91 Å². The van der Waals surface area contributed by atoms with Gasteiger partial charge in [0.25, 0.3) is 0 Å². The first-order valence-corrected chi connectivity index (χ1v) is 20.3. The number of aromatic amines is 2. The van der Waals surface area contributed by atoms with Crippen molar-refractivity contribution >= 4 is 45.1 Å². The number of rotatable bonds is 15. The van der Waals surface area contributed by atoms with Crippen molar-refractivity contribution in [3.63, 3.8) is 0 Å². The molecule has 7 N–H and O–H groups in total. The fraction of sp³-hybridized carbons (Fsp3) is 0.512. The molecule has 0 spiro atoms. The summed E-state index contributed by atoms with van der Waals surface area (Å²) in [5.41, 5.74) is 13.6. The maximum atomic E-state index is 13.3. The molecule has 2 aliphatic rings. The molecule has 12 nitrogen and oxygen atoms in total. The molecule has 288 valence electrons. The largest absolute Gasteiger partial charge is 0.453 e. The highest BCUT2D eigenvalue weighted by Gasteiger charge is 2.37. The third kappa shape index (κ3) is 7.77. The third-order valence-electron chi connectivity index (χ3n) is 11.3. The Morgan fingerprint density at radius 3 is 2.61 bits per heavy atom. The number of H-pyrrole nitrogens is 2. The number of likely N-dealkylation sites (tertiary alicyclic amines) is 1. The van der Waals surface area contributed by atoms with Gasteiger partial charge in [0, 0.05) is 28.8 Å². The lowest BCUT2D eigenvalue weighted by Crippen LogP contribution is -2.48. The molecule has 1 aliphatic carbocycles. The lowest BCUT2D eigenvalue weighted by Gasteiger charge is -2.28. The molecule has 3 aromatic heterocycles. The minimum atomic E-state index is -0.647. The molecule has 4 heterocycles. The second-order valence-corrected chi connectivity index (χ2v) is 16.8. The van der Waals surface area contributed by atoms with Crippen molar-refractivity contribution in [1.29, 1.82) is 0 Å². The number of carbonyl (C=O) groups is 2. The van der Waals surface area contributed by atoms with E-state index in [2.05, 4.69) is 71.0 Å².